The van der Waals surface area contributed by atoms with Crippen molar-refractivity contribution in [2.45, 2.75) is 6.43 Å². The summed E-state index contributed by atoms with van der Waals surface area (Å²) < 4.78 is 24.7. The molecule has 1 heterocycles. The second-order valence-electron chi connectivity index (χ2n) is 1.93. The van der Waals surface area contributed by atoms with Crippen molar-refractivity contribution < 1.29 is 8.78 Å². The summed E-state index contributed by atoms with van der Waals surface area (Å²) >= 11 is 13.9. The molecule has 0 unspecified atom stereocenters. The average molecular weight is 277 g/mol. The lowest BCUT2D eigenvalue weighted by atomic mass is 10.3. The Balaban J connectivity index is 3.28. The Morgan fingerprint density at radius 3 is 2.42 bits per heavy atom. The lowest BCUT2D eigenvalue weighted by Crippen LogP contribution is -1.91. The fourth-order valence-corrected chi connectivity index (χ4v) is 1.90. The third-order valence-electron chi connectivity index (χ3n) is 1.15. The van der Waals surface area contributed by atoms with Gasteiger partial charge < -0.3 is 0 Å². The minimum absolute atomic E-state index is 0.0862. The van der Waals surface area contributed by atoms with E-state index >= 15 is 0 Å². The molecule has 0 saturated heterocycles. The van der Waals surface area contributed by atoms with E-state index in [4.69, 9.17) is 23.2 Å². The summed E-state index contributed by atoms with van der Waals surface area (Å²) in [6.07, 6.45) is -2.70. The molecule has 0 N–H and O–H groups in total. The van der Waals surface area contributed by atoms with Gasteiger partial charge in [0, 0.05) is 0 Å². The van der Waals surface area contributed by atoms with Gasteiger partial charge >= 0.3 is 0 Å². The van der Waals surface area contributed by atoms with Crippen molar-refractivity contribution in [3.05, 3.63) is 26.4 Å². The highest BCUT2D eigenvalue weighted by molar-refractivity contribution is 9.10. The Morgan fingerprint density at radius 2 is 2.00 bits per heavy atom. The molecule has 1 aromatic heterocycles. The summed E-state index contributed by atoms with van der Waals surface area (Å²) in [6.45, 7) is 0. The van der Waals surface area contributed by atoms with Crippen LogP contribution in [-0.2, 0) is 0 Å². The molecule has 0 aliphatic heterocycles. The molecule has 0 radical (unpaired) electrons. The van der Waals surface area contributed by atoms with Crippen LogP contribution in [0.4, 0.5) is 8.78 Å². The number of pyridine rings is 1. The fourth-order valence-electron chi connectivity index (χ4n) is 0.661. The van der Waals surface area contributed by atoms with E-state index in [1.54, 1.807) is 0 Å². The van der Waals surface area contributed by atoms with Crippen LogP contribution in [0.25, 0.3) is 0 Å². The van der Waals surface area contributed by atoms with E-state index in [1.165, 1.54) is 6.07 Å². The summed E-state index contributed by atoms with van der Waals surface area (Å²) in [6, 6.07) is 1.27. The third kappa shape index (κ3) is 2.06. The minimum Gasteiger partial charge on any atom is -0.229 e. The van der Waals surface area contributed by atoms with Crippen LogP contribution in [0.15, 0.2) is 10.7 Å². The number of hydrogen-bond donors (Lipinski definition) is 0. The highest BCUT2D eigenvalue weighted by Crippen LogP contribution is 2.33. The standard InChI is InChI=1S/C6H2BrCl2F2N/c7-3-1-2(8)4(6(10)11)5(9)12-3/h1,6H. The molecule has 66 valence electrons. The maximum atomic E-state index is 12.2. The highest BCUT2D eigenvalue weighted by Gasteiger charge is 2.17. The minimum atomic E-state index is -2.70. The van der Waals surface area contributed by atoms with Crippen molar-refractivity contribution in [1.82, 2.24) is 4.98 Å². The monoisotopic (exact) mass is 275 g/mol. The summed E-state index contributed by atoms with van der Waals surface area (Å²) in [5, 5.41) is -0.360. The molecule has 1 rings (SSSR count). The topological polar surface area (TPSA) is 12.9 Å². The van der Waals surface area contributed by atoms with Crippen LogP contribution in [0.2, 0.25) is 10.2 Å². The molecule has 0 aliphatic carbocycles. The first-order chi connectivity index (χ1) is 5.52. The second-order valence-corrected chi connectivity index (χ2v) is 3.51. The average Bonchev–Trinajstić information content (AvgIpc) is 1.82. The number of nitrogens with zero attached hydrogens (tertiary/aromatic N) is 1. The molecule has 0 aromatic carbocycles. The van der Waals surface area contributed by atoms with Gasteiger partial charge in [0.05, 0.1) is 10.6 Å². The van der Waals surface area contributed by atoms with Crippen molar-refractivity contribution >= 4 is 39.1 Å². The number of rotatable bonds is 1. The van der Waals surface area contributed by atoms with Gasteiger partial charge in [-0.1, -0.05) is 23.2 Å². The van der Waals surface area contributed by atoms with Crippen LogP contribution < -0.4 is 0 Å². The highest BCUT2D eigenvalue weighted by atomic mass is 79.9. The van der Waals surface area contributed by atoms with E-state index in [0.29, 0.717) is 4.60 Å². The van der Waals surface area contributed by atoms with Crippen molar-refractivity contribution in [1.29, 1.82) is 0 Å². The molecule has 0 saturated carbocycles. The first-order valence-electron chi connectivity index (χ1n) is 2.82. The normalized spacial score (nSPS) is 10.8. The molecule has 0 amide bonds. The smallest absolute Gasteiger partial charge is 0.229 e. The van der Waals surface area contributed by atoms with Gasteiger partial charge in [0.1, 0.15) is 9.76 Å². The van der Waals surface area contributed by atoms with Crippen molar-refractivity contribution in [2.24, 2.45) is 0 Å². The van der Waals surface area contributed by atoms with Gasteiger partial charge in [-0.15, -0.1) is 0 Å². The third-order valence-corrected chi connectivity index (χ3v) is 2.16. The molecule has 0 aliphatic rings. The predicted octanol–water partition coefficient (Wildman–Crippen LogP) is 4.09. The zero-order chi connectivity index (χ0) is 9.30. The van der Waals surface area contributed by atoms with Crippen LogP contribution in [-0.4, -0.2) is 4.98 Å². The largest absolute Gasteiger partial charge is 0.268 e. The predicted molar refractivity (Wildman–Crippen MR) is 46.9 cm³/mol. The van der Waals surface area contributed by atoms with Gasteiger partial charge in [-0.25, -0.2) is 13.8 Å². The van der Waals surface area contributed by atoms with Crippen molar-refractivity contribution in [3.63, 3.8) is 0 Å². The number of aromatic nitrogens is 1. The van der Waals surface area contributed by atoms with Crippen LogP contribution in [0.3, 0.4) is 0 Å². The number of alkyl halides is 2. The zero-order valence-corrected chi connectivity index (χ0v) is 8.59. The molecule has 12 heavy (non-hydrogen) atoms. The molecule has 6 heteroatoms. The molecule has 0 atom stereocenters. The van der Waals surface area contributed by atoms with E-state index in [0.717, 1.165) is 0 Å². The summed E-state index contributed by atoms with van der Waals surface area (Å²) in [7, 11) is 0. The maximum absolute atomic E-state index is 12.2. The van der Waals surface area contributed by atoms with Gasteiger partial charge in [-0.05, 0) is 22.0 Å². The van der Waals surface area contributed by atoms with Crippen LogP contribution >= 0.6 is 39.1 Å². The van der Waals surface area contributed by atoms with Crippen LogP contribution in [0, 0.1) is 0 Å². The Hall–Kier alpha value is 0.0700. The first-order valence-corrected chi connectivity index (χ1v) is 4.37. The zero-order valence-electron chi connectivity index (χ0n) is 5.49. The molecule has 0 spiro atoms. The second kappa shape index (κ2) is 3.85. The van der Waals surface area contributed by atoms with Gasteiger partial charge in [-0.3, -0.25) is 0 Å². The number of halogens is 5. The Kier molecular flexibility index (Phi) is 3.26. The summed E-state index contributed by atoms with van der Waals surface area (Å²) in [5.74, 6) is 0. The van der Waals surface area contributed by atoms with Gasteiger partial charge in [-0.2, -0.15) is 0 Å². The SMILES string of the molecule is FC(F)c1c(Cl)cc(Br)nc1Cl. The fraction of sp³-hybridized carbons (Fsp3) is 0.167. The van der Waals surface area contributed by atoms with E-state index < -0.39 is 12.0 Å². The van der Waals surface area contributed by atoms with Crippen molar-refractivity contribution in [3.8, 4) is 0 Å². The Labute approximate surface area is 85.8 Å². The molecular formula is C6H2BrCl2F2N. The first kappa shape index (κ1) is 10.2. The van der Waals surface area contributed by atoms with E-state index in [2.05, 4.69) is 20.9 Å². The van der Waals surface area contributed by atoms with Crippen LogP contribution in [0.1, 0.15) is 12.0 Å². The molecule has 1 aromatic rings. The summed E-state index contributed by atoms with van der Waals surface area (Å²) in [5.41, 5.74) is -0.429. The van der Waals surface area contributed by atoms with E-state index in [1.807, 2.05) is 0 Å². The number of hydrogen-bond acceptors (Lipinski definition) is 1. The summed E-state index contributed by atoms with van der Waals surface area (Å²) in [4.78, 5) is 3.57. The Morgan fingerprint density at radius 1 is 1.42 bits per heavy atom. The van der Waals surface area contributed by atoms with Gasteiger partial charge in [0.25, 0.3) is 6.43 Å². The maximum Gasteiger partial charge on any atom is 0.268 e. The van der Waals surface area contributed by atoms with Crippen molar-refractivity contribution in [2.75, 3.05) is 0 Å². The molecule has 1 nitrogen and oxygen atoms in total. The van der Waals surface area contributed by atoms with E-state index in [9.17, 15) is 8.78 Å². The lowest BCUT2D eigenvalue weighted by Gasteiger charge is -2.04. The van der Waals surface area contributed by atoms with E-state index in [-0.39, 0.29) is 10.2 Å². The van der Waals surface area contributed by atoms with Gasteiger partial charge in [0.2, 0.25) is 0 Å². The molecular weight excluding hydrogens is 275 g/mol. The molecule has 0 fully saturated rings. The quantitative estimate of drug-likeness (QED) is 0.704. The molecule has 0 bridgehead atoms. The lowest BCUT2D eigenvalue weighted by molar-refractivity contribution is 0.151. The Bertz CT molecular complexity index is 283. The van der Waals surface area contributed by atoms with Gasteiger partial charge in [0.15, 0.2) is 0 Å². The van der Waals surface area contributed by atoms with Crippen LogP contribution in [0.5, 0.6) is 0 Å².